The van der Waals surface area contributed by atoms with Crippen LogP contribution in [0.15, 0.2) is 42.3 Å². The Kier molecular flexibility index (Phi) is 9.25. The minimum Gasteiger partial charge on any atom is -0.204 e. The average Bonchev–Trinajstić information content (AvgIpc) is 2.80. The number of aryl methyl sites for hydroxylation is 1. The Balaban J connectivity index is 1.29. The molecule has 1 aromatic rings. The molecular formula is C27H34F3N. The van der Waals surface area contributed by atoms with E-state index in [1.165, 1.54) is 82.1 Å². The first-order valence-corrected chi connectivity index (χ1v) is 11.9. The summed E-state index contributed by atoms with van der Waals surface area (Å²) in [5.41, 5.74) is 0.888. The van der Waals surface area contributed by atoms with Gasteiger partial charge in [0.15, 0.2) is 17.5 Å². The van der Waals surface area contributed by atoms with E-state index in [-0.39, 0.29) is 0 Å². The highest BCUT2D eigenvalue weighted by atomic mass is 19.2. The van der Waals surface area contributed by atoms with E-state index in [0.29, 0.717) is 5.92 Å². The molecule has 4 heteroatoms. The molecular weight excluding hydrogens is 395 g/mol. The van der Waals surface area contributed by atoms with Crippen molar-refractivity contribution in [2.75, 3.05) is 0 Å². The van der Waals surface area contributed by atoms with Crippen molar-refractivity contribution in [3.05, 3.63) is 59.5 Å². The second-order valence-corrected chi connectivity index (χ2v) is 9.46. The number of hydrogen-bond donors (Lipinski definition) is 0. The number of hydrogen-bond acceptors (Lipinski definition) is 1. The van der Waals surface area contributed by atoms with Gasteiger partial charge < -0.3 is 0 Å². The fourth-order valence-corrected chi connectivity index (χ4v) is 5.55. The maximum absolute atomic E-state index is 13.3. The predicted molar refractivity (Wildman–Crippen MR) is 119 cm³/mol. The van der Waals surface area contributed by atoms with Gasteiger partial charge in [-0.2, -0.15) is 9.65 Å². The normalized spacial score (nSPS) is 27.4. The van der Waals surface area contributed by atoms with E-state index >= 15 is 0 Å². The van der Waals surface area contributed by atoms with Crippen molar-refractivity contribution in [2.45, 2.75) is 77.0 Å². The van der Waals surface area contributed by atoms with Crippen molar-refractivity contribution in [1.82, 2.24) is 0 Å². The zero-order valence-corrected chi connectivity index (χ0v) is 18.3. The van der Waals surface area contributed by atoms with Gasteiger partial charge >= 0.3 is 0 Å². The third kappa shape index (κ3) is 7.56. The van der Waals surface area contributed by atoms with E-state index in [9.17, 15) is 13.2 Å². The number of rotatable bonds is 8. The molecule has 2 saturated carbocycles. The van der Waals surface area contributed by atoms with Crippen LogP contribution in [0.2, 0.25) is 0 Å². The lowest BCUT2D eigenvalue weighted by atomic mass is 9.68. The lowest BCUT2D eigenvalue weighted by Crippen LogP contribution is -2.25. The summed E-state index contributed by atoms with van der Waals surface area (Å²) >= 11 is 0. The third-order valence-corrected chi connectivity index (χ3v) is 7.42. The van der Waals surface area contributed by atoms with E-state index in [4.69, 9.17) is 5.26 Å². The first-order chi connectivity index (χ1) is 15.0. The molecule has 0 atom stereocenters. The highest BCUT2D eigenvalue weighted by molar-refractivity contribution is 5.19. The third-order valence-electron chi connectivity index (χ3n) is 7.42. The molecule has 0 bridgehead atoms. The summed E-state index contributed by atoms with van der Waals surface area (Å²) in [5.74, 6) is 0.794. The molecule has 2 aliphatic carbocycles. The summed E-state index contributed by atoms with van der Waals surface area (Å²) in [5, 5.41) is 8.44. The highest BCUT2D eigenvalue weighted by Crippen LogP contribution is 2.42. The van der Waals surface area contributed by atoms with Crippen LogP contribution in [0.3, 0.4) is 0 Å². The van der Waals surface area contributed by atoms with E-state index in [1.807, 2.05) is 0 Å². The van der Waals surface area contributed by atoms with Crippen LogP contribution in [0.25, 0.3) is 0 Å². The highest BCUT2D eigenvalue weighted by Gasteiger charge is 2.30. The van der Waals surface area contributed by atoms with Gasteiger partial charge in [0.2, 0.25) is 0 Å². The maximum Gasteiger partial charge on any atom is 0.199 e. The van der Waals surface area contributed by atoms with Gasteiger partial charge in [-0.3, -0.25) is 0 Å². The van der Waals surface area contributed by atoms with Crippen molar-refractivity contribution in [3.8, 4) is 6.07 Å². The Morgan fingerprint density at radius 3 is 2.26 bits per heavy atom. The van der Waals surface area contributed by atoms with Gasteiger partial charge in [0.25, 0.3) is 0 Å². The minimum absolute atomic E-state index is 0.518. The van der Waals surface area contributed by atoms with Crippen LogP contribution in [-0.4, -0.2) is 0 Å². The number of halogens is 3. The summed E-state index contributed by atoms with van der Waals surface area (Å²) in [6.45, 7) is 0. The van der Waals surface area contributed by atoms with Crippen LogP contribution in [0.1, 0.15) is 76.2 Å². The van der Waals surface area contributed by atoms with Crippen LogP contribution in [-0.2, 0) is 6.42 Å². The molecule has 0 aromatic heterocycles. The summed E-state index contributed by atoms with van der Waals surface area (Å²) in [6.07, 6.45) is 19.5. The number of unbranched alkanes of at least 4 members (excludes halogenated alkanes) is 1. The lowest BCUT2D eigenvalue weighted by Gasteiger charge is -2.37. The van der Waals surface area contributed by atoms with Gasteiger partial charge in [-0.1, -0.05) is 43.9 Å². The largest absolute Gasteiger partial charge is 0.204 e. The zero-order chi connectivity index (χ0) is 22.1. The molecule has 0 radical (unpaired) electrons. The fraction of sp³-hybridized carbons (Fsp3) is 0.593. The molecule has 168 valence electrons. The fourth-order valence-electron chi connectivity index (χ4n) is 5.55. The van der Waals surface area contributed by atoms with Gasteiger partial charge in [0.05, 0.1) is 0 Å². The summed E-state index contributed by atoms with van der Waals surface area (Å²) < 4.78 is 39.1. The van der Waals surface area contributed by atoms with E-state index in [1.54, 1.807) is 12.1 Å². The minimum atomic E-state index is -0.770. The quantitative estimate of drug-likeness (QED) is 0.232. The van der Waals surface area contributed by atoms with Crippen LogP contribution in [0, 0.1) is 46.6 Å². The predicted octanol–water partition coefficient (Wildman–Crippen LogP) is 8.22. The molecule has 0 amide bonds. The second-order valence-electron chi connectivity index (χ2n) is 9.46. The first kappa shape index (κ1) is 23.6. The van der Waals surface area contributed by atoms with Crippen LogP contribution in [0.5, 0.6) is 0 Å². The van der Waals surface area contributed by atoms with Crippen molar-refractivity contribution >= 4 is 0 Å². The Labute approximate surface area is 185 Å². The molecule has 0 heterocycles. The van der Waals surface area contributed by atoms with Crippen molar-refractivity contribution in [3.63, 3.8) is 0 Å². The van der Waals surface area contributed by atoms with Crippen molar-refractivity contribution in [1.29, 1.82) is 5.26 Å². The Bertz CT molecular complexity index is 791. The molecule has 0 aliphatic heterocycles. The van der Waals surface area contributed by atoms with Gasteiger partial charge in [-0.05, 0) is 98.8 Å². The number of allylic oxidation sites excluding steroid dienone is 4. The standard InChI is InChI=1S/C27H34F3N/c28-25(19-31)7-3-6-21-10-15-24(16-11-21)23-13-8-20(9-14-23)4-1-2-5-22-12-17-26(29)27(30)18-22/h3,6-7,12,17-18,20-21,23-24H,1-2,4-5,8-11,13-16H2/t20-,21-,23-,24-. The Morgan fingerprint density at radius 1 is 0.935 bits per heavy atom. The van der Waals surface area contributed by atoms with E-state index in [0.717, 1.165) is 42.6 Å². The molecule has 2 aliphatic rings. The van der Waals surface area contributed by atoms with Crippen molar-refractivity contribution < 1.29 is 13.2 Å². The van der Waals surface area contributed by atoms with Crippen LogP contribution >= 0.6 is 0 Å². The average molecular weight is 430 g/mol. The van der Waals surface area contributed by atoms with Gasteiger partial charge in [0, 0.05) is 0 Å². The molecule has 31 heavy (non-hydrogen) atoms. The van der Waals surface area contributed by atoms with E-state index < -0.39 is 17.5 Å². The summed E-state index contributed by atoms with van der Waals surface area (Å²) in [7, 11) is 0. The van der Waals surface area contributed by atoms with Gasteiger partial charge in [-0.15, -0.1) is 0 Å². The summed E-state index contributed by atoms with van der Waals surface area (Å²) in [4.78, 5) is 0. The SMILES string of the molecule is N#CC(F)=CC=C[C@H]1CC[C@H]([C@H]2CC[C@H](CCCCc3ccc(F)c(F)c3)CC2)CC1. The number of nitrogens with zero attached hydrogens (tertiary/aromatic N) is 1. The smallest absolute Gasteiger partial charge is 0.199 e. The summed E-state index contributed by atoms with van der Waals surface area (Å²) in [6, 6.07) is 5.74. The number of benzene rings is 1. The van der Waals surface area contributed by atoms with Crippen LogP contribution < -0.4 is 0 Å². The molecule has 1 aromatic carbocycles. The maximum atomic E-state index is 13.3. The molecule has 3 rings (SSSR count). The van der Waals surface area contributed by atoms with E-state index in [2.05, 4.69) is 6.08 Å². The van der Waals surface area contributed by atoms with Crippen molar-refractivity contribution in [2.24, 2.45) is 23.7 Å². The lowest BCUT2D eigenvalue weighted by molar-refractivity contribution is 0.151. The first-order valence-electron chi connectivity index (χ1n) is 11.9. The molecule has 0 N–H and O–H groups in total. The molecule has 2 fully saturated rings. The molecule has 1 nitrogen and oxygen atoms in total. The second kappa shape index (κ2) is 12.1. The van der Waals surface area contributed by atoms with Crippen LogP contribution in [0.4, 0.5) is 13.2 Å². The topological polar surface area (TPSA) is 23.8 Å². The Morgan fingerprint density at radius 2 is 1.61 bits per heavy atom. The van der Waals surface area contributed by atoms with Gasteiger partial charge in [0.1, 0.15) is 6.07 Å². The molecule has 0 spiro atoms. The monoisotopic (exact) mass is 429 g/mol. The van der Waals surface area contributed by atoms with Gasteiger partial charge in [-0.25, -0.2) is 8.78 Å². The zero-order valence-electron chi connectivity index (χ0n) is 18.3. The molecule has 0 unspecified atom stereocenters. The number of nitriles is 1. The molecule has 0 saturated heterocycles. The Hall–Kier alpha value is -2.02.